The Labute approximate surface area is 175 Å². The van der Waals surface area contributed by atoms with Gasteiger partial charge in [0.25, 0.3) is 0 Å². The smallest absolute Gasteiger partial charge is 0.244 e. The molecule has 152 valence electrons. The second-order valence-electron chi connectivity index (χ2n) is 6.49. The molecule has 0 spiro atoms. The Hall–Kier alpha value is -1.80. The first-order valence-electron chi connectivity index (χ1n) is 8.52. The van der Waals surface area contributed by atoms with Crippen LogP contribution in [-0.2, 0) is 14.8 Å². The van der Waals surface area contributed by atoms with E-state index in [1.54, 1.807) is 36.4 Å². The van der Waals surface area contributed by atoms with E-state index in [1.807, 2.05) is 13.8 Å². The summed E-state index contributed by atoms with van der Waals surface area (Å²) >= 11 is 12.1. The van der Waals surface area contributed by atoms with E-state index in [-0.39, 0.29) is 32.3 Å². The molecule has 9 heteroatoms. The minimum absolute atomic E-state index is 0.0309. The van der Waals surface area contributed by atoms with Crippen molar-refractivity contribution in [3.8, 4) is 5.75 Å². The molecule has 1 atom stereocenters. The highest BCUT2D eigenvalue weighted by Gasteiger charge is 2.26. The first-order valence-corrected chi connectivity index (χ1v) is 10.8. The predicted molar refractivity (Wildman–Crippen MR) is 112 cm³/mol. The number of amides is 1. The van der Waals surface area contributed by atoms with E-state index in [9.17, 15) is 13.2 Å². The highest BCUT2D eigenvalue weighted by molar-refractivity contribution is 7.89. The number of hydrogen-bond donors (Lipinski definition) is 2. The fourth-order valence-electron chi connectivity index (χ4n) is 2.46. The number of methoxy groups -OCH3 is 1. The van der Waals surface area contributed by atoms with E-state index >= 15 is 0 Å². The third kappa shape index (κ3) is 5.17. The van der Waals surface area contributed by atoms with Crippen molar-refractivity contribution in [3.05, 3.63) is 52.0 Å². The molecule has 0 heterocycles. The number of hydrogen-bond acceptors (Lipinski definition) is 4. The van der Waals surface area contributed by atoms with Gasteiger partial charge < -0.3 is 10.1 Å². The van der Waals surface area contributed by atoms with Gasteiger partial charge in [0.1, 0.15) is 10.6 Å². The van der Waals surface area contributed by atoms with Gasteiger partial charge in [0.05, 0.1) is 28.9 Å². The maximum atomic E-state index is 12.9. The summed E-state index contributed by atoms with van der Waals surface area (Å²) in [6.45, 7) is 5.33. The summed E-state index contributed by atoms with van der Waals surface area (Å²) in [7, 11) is -2.63. The van der Waals surface area contributed by atoms with Crippen LogP contribution in [0.2, 0.25) is 10.0 Å². The number of rotatable bonds is 7. The van der Waals surface area contributed by atoms with Crippen LogP contribution in [0.15, 0.2) is 41.3 Å². The van der Waals surface area contributed by atoms with Crippen LogP contribution in [0.1, 0.15) is 32.3 Å². The lowest BCUT2D eigenvalue weighted by Gasteiger charge is -2.18. The Morgan fingerprint density at radius 3 is 2.21 bits per heavy atom. The quantitative estimate of drug-likeness (QED) is 0.661. The van der Waals surface area contributed by atoms with Gasteiger partial charge in [-0.1, -0.05) is 49.2 Å². The molecule has 0 fully saturated rings. The summed E-state index contributed by atoms with van der Waals surface area (Å²) in [4.78, 5) is 12.4. The molecule has 28 heavy (non-hydrogen) atoms. The molecular weight excluding hydrogens is 423 g/mol. The largest absolute Gasteiger partial charge is 0.495 e. The molecule has 2 rings (SSSR count). The highest BCUT2D eigenvalue weighted by atomic mass is 35.5. The topological polar surface area (TPSA) is 84.5 Å². The van der Waals surface area contributed by atoms with E-state index in [0.29, 0.717) is 0 Å². The third-order valence-corrected chi connectivity index (χ3v) is 6.27. The van der Waals surface area contributed by atoms with Crippen LogP contribution in [-0.4, -0.2) is 27.5 Å². The number of anilines is 1. The number of carbonyl (C=O) groups is 1. The summed E-state index contributed by atoms with van der Waals surface area (Å²) in [5.41, 5.74) is 1.06. The van der Waals surface area contributed by atoms with Crippen molar-refractivity contribution in [1.29, 1.82) is 0 Å². The fourth-order valence-corrected chi connectivity index (χ4v) is 4.36. The van der Waals surface area contributed by atoms with E-state index in [1.165, 1.54) is 14.0 Å². The van der Waals surface area contributed by atoms with Gasteiger partial charge in [-0.25, -0.2) is 8.42 Å². The summed E-state index contributed by atoms with van der Waals surface area (Å²) in [5.74, 6) is -0.279. The van der Waals surface area contributed by atoms with Crippen LogP contribution in [0, 0.1) is 0 Å². The molecule has 2 N–H and O–H groups in total. The molecule has 6 nitrogen and oxygen atoms in total. The van der Waals surface area contributed by atoms with E-state index in [4.69, 9.17) is 27.9 Å². The van der Waals surface area contributed by atoms with Crippen LogP contribution >= 0.6 is 23.2 Å². The zero-order valence-electron chi connectivity index (χ0n) is 15.9. The Bertz CT molecular complexity index is 958. The fraction of sp³-hybridized carbons (Fsp3) is 0.316. The molecule has 1 amide bonds. The van der Waals surface area contributed by atoms with Gasteiger partial charge in [0.15, 0.2) is 0 Å². The van der Waals surface area contributed by atoms with Gasteiger partial charge in [-0.15, -0.1) is 0 Å². The number of benzene rings is 2. The number of sulfonamides is 1. The minimum Gasteiger partial charge on any atom is -0.495 e. The van der Waals surface area contributed by atoms with Gasteiger partial charge in [0, 0.05) is 0 Å². The SMILES string of the molecule is COc1ccc(C(C)C)cc1S(=O)(=O)NC(C)C(=O)Nc1c(Cl)cccc1Cl. The van der Waals surface area contributed by atoms with Crippen molar-refractivity contribution in [2.24, 2.45) is 0 Å². The molecule has 0 bridgehead atoms. The Morgan fingerprint density at radius 1 is 1.07 bits per heavy atom. The van der Waals surface area contributed by atoms with Gasteiger partial charge in [0.2, 0.25) is 15.9 Å². The average molecular weight is 445 g/mol. The van der Waals surface area contributed by atoms with Gasteiger partial charge >= 0.3 is 0 Å². The van der Waals surface area contributed by atoms with Crippen molar-refractivity contribution in [1.82, 2.24) is 4.72 Å². The second-order valence-corrected chi connectivity index (χ2v) is 8.99. The lowest BCUT2D eigenvalue weighted by molar-refractivity contribution is -0.117. The average Bonchev–Trinajstić information content (AvgIpc) is 2.63. The standard InChI is InChI=1S/C19H22Cl2N2O4S/c1-11(2)13-8-9-16(27-4)17(10-13)28(25,26)23-12(3)19(24)22-18-14(20)6-5-7-15(18)21/h5-12,23H,1-4H3,(H,22,24). The molecule has 0 aromatic heterocycles. The van der Waals surface area contributed by atoms with E-state index < -0.39 is 22.0 Å². The molecule has 0 saturated heterocycles. The molecular formula is C19H22Cl2N2O4S. The molecule has 0 saturated carbocycles. The van der Waals surface area contributed by atoms with E-state index in [2.05, 4.69) is 10.0 Å². The number of carbonyl (C=O) groups excluding carboxylic acids is 1. The van der Waals surface area contributed by atoms with Crippen molar-refractivity contribution >= 4 is 44.8 Å². The Kier molecular flexibility index (Phi) is 7.33. The minimum atomic E-state index is -4.02. The Balaban J connectivity index is 2.26. The monoisotopic (exact) mass is 444 g/mol. The molecule has 0 aliphatic carbocycles. The molecule has 2 aromatic rings. The van der Waals surface area contributed by atoms with Crippen molar-refractivity contribution < 1.29 is 17.9 Å². The lowest BCUT2D eigenvalue weighted by atomic mass is 10.0. The van der Waals surface area contributed by atoms with Crippen molar-refractivity contribution in [2.75, 3.05) is 12.4 Å². The van der Waals surface area contributed by atoms with Crippen LogP contribution in [0.3, 0.4) is 0 Å². The number of para-hydroxylation sites is 1. The lowest BCUT2D eigenvalue weighted by Crippen LogP contribution is -2.41. The predicted octanol–water partition coefficient (Wildman–Crippen LogP) is 4.43. The molecule has 0 radical (unpaired) electrons. The zero-order chi connectivity index (χ0) is 21.1. The highest BCUT2D eigenvalue weighted by Crippen LogP contribution is 2.30. The van der Waals surface area contributed by atoms with Crippen LogP contribution in [0.4, 0.5) is 5.69 Å². The summed E-state index contributed by atoms with van der Waals surface area (Å²) in [6.07, 6.45) is 0. The summed E-state index contributed by atoms with van der Waals surface area (Å²) < 4.78 is 33.3. The maximum Gasteiger partial charge on any atom is 0.244 e. The number of halogens is 2. The van der Waals surface area contributed by atoms with Gasteiger partial charge in [-0.05, 0) is 42.7 Å². The second kappa shape index (κ2) is 9.13. The summed E-state index contributed by atoms with van der Waals surface area (Å²) in [5, 5.41) is 3.05. The van der Waals surface area contributed by atoms with Crippen molar-refractivity contribution in [2.45, 2.75) is 37.6 Å². The van der Waals surface area contributed by atoms with Crippen LogP contribution < -0.4 is 14.8 Å². The molecule has 1 unspecified atom stereocenters. The summed E-state index contributed by atoms with van der Waals surface area (Å²) in [6, 6.07) is 8.64. The van der Waals surface area contributed by atoms with Crippen LogP contribution in [0.5, 0.6) is 5.75 Å². The normalized spacial score (nSPS) is 12.7. The Morgan fingerprint density at radius 2 is 1.68 bits per heavy atom. The van der Waals surface area contributed by atoms with Gasteiger partial charge in [-0.2, -0.15) is 4.72 Å². The van der Waals surface area contributed by atoms with Crippen LogP contribution in [0.25, 0.3) is 0 Å². The van der Waals surface area contributed by atoms with E-state index in [0.717, 1.165) is 5.56 Å². The zero-order valence-corrected chi connectivity index (χ0v) is 18.2. The number of nitrogens with one attached hydrogen (secondary N) is 2. The van der Waals surface area contributed by atoms with Crippen molar-refractivity contribution in [3.63, 3.8) is 0 Å². The maximum absolute atomic E-state index is 12.9. The molecule has 0 aliphatic rings. The first-order chi connectivity index (χ1) is 13.1. The third-order valence-electron chi connectivity index (χ3n) is 4.08. The number of ether oxygens (including phenoxy) is 1. The first kappa shape index (κ1) is 22.5. The molecule has 0 aliphatic heterocycles. The van der Waals surface area contributed by atoms with Gasteiger partial charge in [-0.3, -0.25) is 4.79 Å². The molecule has 2 aromatic carbocycles.